The third-order valence-electron chi connectivity index (χ3n) is 3.29. The van der Waals surface area contributed by atoms with Crippen LogP contribution in [0.3, 0.4) is 0 Å². The van der Waals surface area contributed by atoms with E-state index in [9.17, 15) is 4.79 Å². The Balaban J connectivity index is 1.75. The Bertz CT molecular complexity index is 947. The smallest absolute Gasteiger partial charge is 0.237 e. The van der Waals surface area contributed by atoms with Crippen molar-refractivity contribution in [3.05, 3.63) is 41.3 Å². The maximum Gasteiger partial charge on any atom is 0.237 e. The zero-order valence-corrected chi connectivity index (χ0v) is 14.3. The van der Waals surface area contributed by atoms with Crippen LogP contribution in [0, 0.1) is 11.3 Å². The minimum atomic E-state index is -0.437. The van der Waals surface area contributed by atoms with E-state index >= 15 is 0 Å². The van der Waals surface area contributed by atoms with Crippen molar-refractivity contribution in [1.29, 1.82) is 5.26 Å². The van der Waals surface area contributed by atoms with Gasteiger partial charge >= 0.3 is 0 Å². The van der Waals surface area contributed by atoms with E-state index < -0.39 is 5.25 Å². The molecule has 8 heteroatoms. The predicted octanol–water partition coefficient (Wildman–Crippen LogP) is 3.26. The molecule has 0 saturated heterocycles. The largest absolute Gasteiger partial charge is 0.383 e. The summed E-state index contributed by atoms with van der Waals surface area (Å²) in [6.07, 6.45) is 0. The quantitative estimate of drug-likeness (QED) is 0.550. The Labute approximate surface area is 146 Å². The van der Waals surface area contributed by atoms with Crippen LogP contribution in [0.4, 0.5) is 11.5 Å². The van der Waals surface area contributed by atoms with Crippen LogP contribution in [-0.4, -0.2) is 21.1 Å². The number of fused-ring (bicyclic) bond motifs is 1. The fourth-order valence-corrected chi connectivity index (χ4v) is 3.65. The third-order valence-corrected chi connectivity index (χ3v) is 5.06. The van der Waals surface area contributed by atoms with Crippen LogP contribution in [0.5, 0.6) is 0 Å². The molecule has 2 aromatic heterocycles. The van der Waals surface area contributed by atoms with E-state index in [-0.39, 0.29) is 5.91 Å². The SMILES string of the molecule is CC(Sc1nc(N)c2ccsc2n1)C(=O)Nc1ccccc1C#N. The van der Waals surface area contributed by atoms with Gasteiger partial charge in [0, 0.05) is 0 Å². The number of thiophene rings is 1. The summed E-state index contributed by atoms with van der Waals surface area (Å²) in [6, 6.07) is 10.8. The third kappa shape index (κ3) is 3.32. The van der Waals surface area contributed by atoms with Gasteiger partial charge in [0.25, 0.3) is 0 Å². The van der Waals surface area contributed by atoms with Crippen LogP contribution in [0.15, 0.2) is 40.9 Å². The second kappa shape index (κ2) is 6.86. The highest BCUT2D eigenvalue weighted by Crippen LogP contribution is 2.28. The first-order valence-electron chi connectivity index (χ1n) is 7.06. The molecule has 3 rings (SSSR count). The van der Waals surface area contributed by atoms with Crippen LogP contribution >= 0.6 is 23.1 Å². The van der Waals surface area contributed by atoms with E-state index in [4.69, 9.17) is 11.0 Å². The number of rotatable bonds is 4. The van der Waals surface area contributed by atoms with Gasteiger partial charge in [0.2, 0.25) is 5.91 Å². The van der Waals surface area contributed by atoms with E-state index in [2.05, 4.69) is 21.4 Å². The summed E-state index contributed by atoms with van der Waals surface area (Å²) in [5, 5.41) is 14.6. The van der Waals surface area contributed by atoms with Crippen LogP contribution in [-0.2, 0) is 4.79 Å². The molecule has 1 atom stereocenters. The number of thioether (sulfide) groups is 1. The number of hydrogen-bond acceptors (Lipinski definition) is 7. The number of nitrogens with one attached hydrogen (secondary N) is 1. The Morgan fingerprint density at radius 3 is 2.96 bits per heavy atom. The van der Waals surface area contributed by atoms with E-state index in [0.717, 1.165) is 10.2 Å². The van der Waals surface area contributed by atoms with E-state index in [1.54, 1.807) is 31.2 Å². The molecule has 0 aliphatic heterocycles. The maximum absolute atomic E-state index is 12.4. The normalized spacial score (nSPS) is 11.8. The first kappa shape index (κ1) is 16.2. The molecule has 6 nitrogen and oxygen atoms in total. The molecule has 0 radical (unpaired) electrons. The molecule has 3 aromatic rings. The minimum Gasteiger partial charge on any atom is -0.383 e. The monoisotopic (exact) mass is 355 g/mol. The van der Waals surface area contributed by atoms with Crippen LogP contribution in [0.25, 0.3) is 10.2 Å². The molecule has 1 amide bonds. The number of aromatic nitrogens is 2. The zero-order valence-electron chi connectivity index (χ0n) is 12.7. The molecule has 0 spiro atoms. The molecule has 0 fully saturated rings. The van der Waals surface area contributed by atoms with Crippen molar-refractivity contribution in [2.75, 3.05) is 11.1 Å². The van der Waals surface area contributed by atoms with Crippen LogP contribution < -0.4 is 11.1 Å². The van der Waals surface area contributed by atoms with Gasteiger partial charge in [0.1, 0.15) is 16.7 Å². The lowest BCUT2D eigenvalue weighted by atomic mass is 10.2. The van der Waals surface area contributed by atoms with Gasteiger partial charge in [-0.25, -0.2) is 9.97 Å². The van der Waals surface area contributed by atoms with Crippen molar-refractivity contribution in [2.45, 2.75) is 17.3 Å². The van der Waals surface area contributed by atoms with Crippen molar-refractivity contribution < 1.29 is 4.79 Å². The fraction of sp³-hybridized carbons (Fsp3) is 0.125. The number of carbonyl (C=O) groups excluding carboxylic acids is 1. The number of nitrogen functional groups attached to an aromatic ring is 1. The highest BCUT2D eigenvalue weighted by Gasteiger charge is 2.18. The van der Waals surface area contributed by atoms with Crippen LogP contribution in [0.1, 0.15) is 12.5 Å². The minimum absolute atomic E-state index is 0.226. The highest BCUT2D eigenvalue weighted by atomic mass is 32.2. The molecular weight excluding hydrogens is 342 g/mol. The van der Waals surface area contributed by atoms with E-state index in [1.807, 2.05) is 11.4 Å². The molecule has 0 aliphatic rings. The molecule has 120 valence electrons. The van der Waals surface area contributed by atoms with Gasteiger partial charge in [-0.1, -0.05) is 23.9 Å². The lowest BCUT2D eigenvalue weighted by Gasteiger charge is -2.12. The Morgan fingerprint density at radius 2 is 2.17 bits per heavy atom. The Morgan fingerprint density at radius 1 is 1.38 bits per heavy atom. The number of nitriles is 1. The number of carbonyl (C=O) groups is 1. The highest BCUT2D eigenvalue weighted by molar-refractivity contribution is 8.00. The number of hydrogen-bond donors (Lipinski definition) is 2. The number of anilines is 2. The van der Waals surface area contributed by atoms with E-state index in [1.165, 1.54) is 23.1 Å². The summed E-state index contributed by atoms with van der Waals surface area (Å²) in [7, 11) is 0. The predicted molar refractivity (Wildman–Crippen MR) is 96.9 cm³/mol. The zero-order chi connectivity index (χ0) is 17.1. The standard InChI is InChI=1S/C16H13N5OS2/c1-9(14(22)19-12-5-3-2-4-10(12)8-17)24-16-20-13(18)11-6-7-23-15(11)21-16/h2-7,9H,1H3,(H,19,22)(H2,18,20,21). The molecule has 2 heterocycles. The number of nitrogens with two attached hydrogens (primary N) is 1. The first-order chi connectivity index (χ1) is 11.6. The average Bonchev–Trinajstić information content (AvgIpc) is 3.04. The maximum atomic E-state index is 12.4. The summed E-state index contributed by atoms with van der Waals surface area (Å²) in [5.74, 6) is 0.183. The Hall–Kier alpha value is -2.63. The lowest BCUT2D eigenvalue weighted by Crippen LogP contribution is -2.23. The second-order valence-corrected chi connectivity index (χ2v) is 7.14. The van der Waals surface area contributed by atoms with Gasteiger partial charge in [-0.05, 0) is 30.5 Å². The second-order valence-electron chi connectivity index (χ2n) is 4.94. The topological polar surface area (TPSA) is 105 Å². The van der Waals surface area contributed by atoms with Gasteiger partial charge < -0.3 is 11.1 Å². The molecule has 1 aromatic carbocycles. The molecule has 0 saturated carbocycles. The number of amides is 1. The van der Waals surface area contributed by atoms with Gasteiger partial charge in [-0.3, -0.25) is 4.79 Å². The summed E-state index contributed by atoms with van der Waals surface area (Å²) >= 11 is 2.70. The van der Waals surface area contributed by atoms with Gasteiger partial charge in [-0.2, -0.15) is 5.26 Å². The lowest BCUT2D eigenvalue weighted by molar-refractivity contribution is -0.115. The molecule has 0 bridgehead atoms. The molecular formula is C16H13N5OS2. The fourth-order valence-electron chi connectivity index (χ4n) is 2.05. The number of nitrogens with zero attached hydrogens (tertiary/aromatic N) is 3. The van der Waals surface area contributed by atoms with Gasteiger partial charge in [-0.15, -0.1) is 11.3 Å². The summed E-state index contributed by atoms with van der Waals surface area (Å²) in [4.78, 5) is 21.8. The van der Waals surface area contributed by atoms with Gasteiger partial charge in [0.05, 0.1) is 21.9 Å². The van der Waals surface area contributed by atoms with Crippen molar-refractivity contribution in [3.63, 3.8) is 0 Å². The molecule has 0 aliphatic carbocycles. The van der Waals surface area contributed by atoms with Crippen molar-refractivity contribution >= 4 is 50.7 Å². The van der Waals surface area contributed by atoms with Crippen molar-refractivity contribution in [1.82, 2.24) is 9.97 Å². The van der Waals surface area contributed by atoms with Crippen LogP contribution in [0.2, 0.25) is 0 Å². The molecule has 3 N–H and O–H groups in total. The Kier molecular flexibility index (Phi) is 4.64. The first-order valence-corrected chi connectivity index (χ1v) is 8.82. The number of benzene rings is 1. The summed E-state index contributed by atoms with van der Waals surface area (Å²) in [5.41, 5.74) is 6.83. The van der Waals surface area contributed by atoms with Crippen molar-refractivity contribution in [3.8, 4) is 6.07 Å². The number of para-hydroxylation sites is 1. The van der Waals surface area contributed by atoms with E-state index in [0.29, 0.717) is 22.2 Å². The molecule has 24 heavy (non-hydrogen) atoms. The summed E-state index contributed by atoms with van der Waals surface area (Å²) < 4.78 is 0. The molecule has 1 unspecified atom stereocenters. The average molecular weight is 355 g/mol. The van der Waals surface area contributed by atoms with Gasteiger partial charge in [0.15, 0.2) is 5.16 Å². The van der Waals surface area contributed by atoms with Crippen molar-refractivity contribution in [2.24, 2.45) is 0 Å². The summed E-state index contributed by atoms with van der Waals surface area (Å²) in [6.45, 7) is 1.76.